The number of aromatic nitrogens is 5. The quantitative estimate of drug-likeness (QED) is 0.496. The smallest absolute Gasteiger partial charge is 0.210 e. The zero-order valence-corrected chi connectivity index (χ0v) is 13.5. The molecule has 0 amide bonds. The summed E-state index contributed by atoms with van der Waals surface area (Å²) in [6.45, 7) is 0.670. The van der Waals surface area contributed by atoms with Crippen molar-refractivity contribution in [1.82, 2.24) is 25.4 Å². The van der Waals surface area contributed by atoms with Gasteiger partial charge in [-0.1, -0.05) is 23.0 Å². The summed E-state index contributed by atoms with van der Waals surface area (Å²) in [5.74, 6) is 1.90. The second-order valence-electron chi connectivity index (χ2n) is 4.65. The lowest BCUT2D eigenvalue weighted by Crippen LogP contribution is -2.02. The molecule has 0 N–H and O–H groups in total. The van der Waals surface area contributed by atoms with Crippen LogP contribution in [0.2, 0.25) is 0 Å². The van der Waals surface area contributed by atoms with Crippen LogP contribution < -0.4 is 0 Å². The number of hydrogen-bond donors (Lipinski definition) is 0. The predicted octanol–water partition coefficient (Wildman–Crippen LogP) is 3.32. The third-order valence-electron chi connectivity index (χ3n) is 3.06. The molecule has 116 valence electrons. The van der Waals surface area contributed by atoms with E-state index in [-0.39, 0.29) is 0 Å². The minimum Gasteiger partial charge on any atom is -0.461 e. The molecule has 0 spiro atoms. The van der Waals surface area contributed by atoms with Crippen molar-refractivity contribution in [2.75, 3.05) is 0 Å². The van der Waals surface area contributed by atoms with E-state index in [1.165, 1.54) is 16.6 Å². The van der Waals surface area contributed by atoms with Crippen LogP contribution >= 0.6 is 23.1 Å². The van der Waals surface area contributed by atoms with Gasteiger partial charge in [0.05, 0.1) is 18.5 Å². The fraction of sp³-hybridized carbons (Fsp3) is 0.143. The first-order valence-corrected chi connectivity index (χ1v) is 8.66. The molecule has 0 radical (unpaired) electrons. The summed E-state index contributed by atoms with van der Waals surface area (Å²) in [5, 5.41) is 18.7. The highest BCUT2D eigenvalue weighted by molar-refractivity contribution is 7.98. The summed E-state index contributed by atoms with van der Waals surface area (Å²) in [7, 11) is 0. The molecule has 0 unspecified atom stereocenters. The minimum absolute atomic E-state index is 0.615. The third-order valence-corrected chi connectivity index (χ3v) is 4.91. The molecule has 0 bridgehead atoms. The van der Waals surface area contributed by atoms with Crippen LogP contribution in [0.3, 0.4) is 0 Å². The van der Waals surface area contributed by atoms with Crippen LogP contribution in [0.25, 0.3) is 11.5 Å². The van der Waals surface area contributed by atoms with E-state index in [0.29, 0.717) is 23.8 Å². The van der Waals surface area contributed by atoms with E-state index in [1.54, 1.807) is 22.3 Å². The van der Waals surface area contributed by atoms with Gasteiger partial charge < -0.3 is 8.94 Å². The first kappa shape index (κ1) is 14.2. The van der Waals surface area contributed by atoms with Gasteiger partial charge in [0.2, 0.25) is 10.9 Å². The van der Waals surface area contributed by atoms with Gasteiger partial charge in [-0.25, -0.2) is 4.68 Å². The SMILES string of the molecule is c1coc(-c2cc(CSc3nnnn3Cc3cccs3)no2)c1. The molecule has 23 heavy (non-hydrogen) atoms. The molecule has 0 saturated carbocycles. The summed E-state index contributed by atoms with van der Waals surface area (Å²) < 4.78 is 12.3. The molecule has 7 nitrogen and oxygen atoms in total. The molecular formula is C14H11N5O2S2. The first-order valence-electron chi connectivity index (χ1n) is 6.79. The van der Waals surface area contributed by atoms with E-state index in [1.807, 2.05) is 29.6 Å². The molecular weight excluding hydrogens is 334 g/mol. The number of nitrogens with zero attached hydrogens (tertiary/aromatic N) is 5. The molecule has 0 aliphatic heterocycles. The van der Waals surface area contributed by atoms with Crippen molar-refractivity contribution < 1.29 is 8.94 Å². The zero-order chi connectivity index (χ0) is 15.5. The van der Waals surface area contributed by atoms with Crippen molar-refractivity contribution in [3.05, 3.63) is 52.5 Å². The van der Waals surface area contributed by atoms with E-state index in [2.05, 4.69) is 26.7 Å². The molecule has 0 aliphatic carbocycles. The van der Waals surface area contributed by atoms with Crippen molar-refractivity contribution in [3.8, 4) is 11.5 Å². The summed E-state index contributed by atoms with van der Waals surface area (Å²) in [5.41, 5.74) is 0.812. The molecule has 0 aliphatic rings. The molecule has 4 rings (SSSR count). The highest BCUT2D eigenvalue weighted by Gasteiger charge is 2.12. The number of thiophene rings is 1. The van der Waals surface area contributed by atoms with Crippen molar-refractivity contribution >= 4 is 23.1 Å². The lowest BCUT2D eigenvalue weighted by Gasteiger charge is -2.01. The van der Waals surface area contributed by atoms with Gasteiger partial charge in [-0.15, -0.1) is 16.4 Å². The van der Waals surface area contributed by atoms with Gasteiger partial charge in [0.1, 0.15) is 0 Å². The number of thioether (sulfide) groups is 1. The average Bonchev–Trinajstić information content (AvgIpc) is 3.34. The second kappa shape index (κ2) is 6.39. The van der Waals surface area contributed by atoms with Gasteiger partial charge >= 0.3 is 0 Å². The number of furan rings is 1. The van der Waals surface area contributed by atoms with Crippen LogP contribution in [0.4, 0.5) is 0 Å². The fourth-order valence-corrected chi connectivity index (χ4v) is 3.45. The minimum atomic E-state index is 0.615. The zero-order valence-electron chi connectivity index (χ0n) is 11.8. The Bertz CT molecular complexity index is 867. The lowest BCUT2D eigenvalue weighted by atomic mass is 10.3. The van der Waals surface area contributed by atoms with Gasteiger partial charge in [0.25, 0.3) is 0 Å². The third kappa shape index (κ3) is 3.20. The van der Waals surface area contributed by atoms with E-state index < -0.39 is 0 Å². The van der Waals surface area contributed by atoms with Crippen LogP contribution in [-0.2, 0) is 12.3 Å². The van der Waals surface area contributed by atoms with Crippen molar-refractivity contribution in [2.45, 2.75) is 17.5 Å². The molecule has 0 saturated heterocycles. The Labute approximate surface area is 139 Å². The van der Waals surface area contributed by atoms with Gasteiger partial charge in [0.15, 0.2) is 5.76 Å². The highest BCUT2D eigenvalue weighted by atomic mass is 32.2. The lowest BCUT2D eigenvalue weighted by molar-refractivity contribution is 0.413. The maximum atomic E-state index is 5.29. The Morgan fingerprint density at radius 1 is 1.22 bits per heavy atom. The van der Waals surface area contributed by atoms with Crippen LogP contribution in [0.1, 0.15) is 10.6 Å². The molecule has 0 aromatic carbocycles. The van der Waals surface area contributed by atoms with Gasteiger partial charge in [-0.3, -0.25) is 0 Å². The van der Waals surface area contributed by atoms with Crippen LogP contribution in [-0.4, -0.2) is 25.4 Å². The summed E-state index contributed by atoms with van der Waals surface area (Å²) >= 11 is 3.20. The monoisotopic (exact) mass is 345 g/mol. The van der Waals surface area contributed by atoms with Crippen LogP contribution in [0.15, 0.2) is 56.1 Å². The van der Waals surface area contributed by atoms with E-state index in [9.17, 15) is 0 Å². The van der Waals surface area contributed by atoms with E-state index >= 15 is 0 Å². The first-order chi connectivity index (χ1) is 11.4. The Hall–Kier alpha value is -2.39. The molecule has 0 atom stereocenters. The molecule has 4 heterocycles. The molecule has 4 aromatic heterocycles. The maximum Gasteiger partial charge on any atom is 0.210 e. The summed E-state index contributed by atoms with van der Waals surface area (Å²) in [6.07, 6.45) is 1.60. The van der Waals surface area contributed by atoms with E-state index in [0.717, 1.165) is 10.9 Å². The topological polar surface area (TPSA) is 82.8 Å². The highest BCUT2D eigenvalue weighted by Crippen LogP contribution is 2.25. The van der Waals surface area contributed by atoms with Gasteiger partial charge in [-0.2, -0.15) is 0 Å². The second-order valence-corrected chi connectivity index (χ2v) is 6.62. The summed E-state index contributed by atoms with van der Waals surface area (Å²) in [4.78, 5) is 1.21. The Morgan fingerprint density at radius 2 is 2.22 bits per heavy atom. The van der Waals surface area contributed by atoms with Crippen molar-refractivity contribution in [2.24, 2.45) is 0 Å². The van der Waals surface area contributed by atoms with Gasteiger partial charge in [0, 0.05) is 16.7 Å². The average molecular weight is 345 g/mol. The summed E-state index contributed by atoms with van der Waals surface area (Å²) in [6, 6.07) is 9.58. The number of hydrogen-bond acceptors (Lipinski definition) is 8. The Kier molecular flexibility index (Phi) is 3.95. The fourth-order valence-electron chi connectivity index (χ4n) is 2.00. The Morgan fingerprint density at radius 3 is 3.04 bits per heavy atom. The Balaban J connectivity index is 1.43. The maximum absolute atomic E-state index is 5.29. The van der Waals surface area contributed by atoms with E-state index in [4.69, 9.17) is 8.94 Å². The molecule has 4 aromatic rings. The number of tetrazole rings is 1. The van der Waals surface area contributed by atoms with Crippen LogP contribution in [0.5, 0.6) is 0 Å². The predicted molar refractivity (Wildman–Crippen MR) is 85.0 cm³/mol. The molecule has 0 fully saturated rings. The standard InChI is InChI=1S/C14H11N5O2S2/c1-4-12(20-5-1)13-7-10(16-21-13)9-23-14-15-17-18-19(14)8-11-3-2-6-22-11/h1-7H,8-9H2. The van der Waals surface area contributed by atoms with Crippen molar-refractivity contribution in [1.29, 1.82) is 0 Å². The normalized spacial score (nSPS) is 11.1. The van der Waals surface area contributed by atoms with Gasteiger partial charge in [-0.05, 0) is 34.0 Å². The van der Waals surface area contributed by atoms with Crippen molar-refractivity contribution in [3.63, 3.8) is 0 Å². The van der Waals surface area contributed by atoms with Crippen LogP contribution in [0, 0.1) is 0 Å². The number of rotatable bonds is 6. The largest absolute Gasteiger partial charge is 0.461 e. The molecule has 9 heteroatoms.